The maximum Gasteiger partial charge on any atom is 0.308 e. The molecule has 1 aromatic rings. The summed E-state index contributed by atoms with van der Waals surface area (Å²) in [5.74, 6) is -1.67. The van der Waals surface area contributed by atoms with Crippen molar-refractivity contribution < 1.29 is 24.2 Å². The quantitative estimate of drug-likeness (QED) is 0.839. The van der Waals surface area contributed by atoms with Crippen LogP contribution in [-0.4, -0.2) is 36.4 Å². The smallest absolute Gasteiger partial charge is 0.308 e. The van der Waals surface area contributed by atoms with Crippen molar-refractivity contribution in [1.82, 2.24) is 0 Å². The third kappa shape index (κ3) is 2.49. The van der Waals surface area contributed by atoms with Gasteiger partial charge in [-0.1, -0.05) is 0 Å². The van der Waals surface area contributed by atoms with Gasteiger partial charge in [0.2, 0.25) is 5.91 Å². The number of benzene rings is 1. The highest BCUT2D eigenvalue weighted by Crippen LogP contribution is 2.30. The third-order valence-electron chi connectivity index (χ3n) is 3.35. The number of carbonyl (C=O) groups is 3. The molecule has 1 aromatic carbocycles. The molecule has 0 spiro atoms. The number of amides is 1. The molecule has 1 aliphatic rings. The van der Waals surface area contributed by atoms with E-state index in [2.05, 4.69) is 0 Å². The van der Waals surface area contributed by atoms with Crippen LogP contribution in [0.25, 0.3) is 0 Å². The minimum absolute atomic E-state index is 0.00783. The first-order valence-electron chi connectivity index (χ1n) is 6.16. The molecule has 20 heavy (non-hydrogen) atoms. The Bertz CT molecular complexity index is 581. The number of nitrogens with zero attached hydrogens (tertiary/aromatic N) is 1. The van der Waals surface area contributed by atoms with Gasteiger partial charge in [0, 0.05) is 24.7 Å². The Kier molecular flexibility index (Phi) is 3.74. The van der Waals surface area contributed by atoms with Crippen molar-refractivity contribution in [3.63, 3.8) is 0 Å². The number of anilines is 1. The summed E-state index contributed by atoms with van der Waals surface area (Å²) in [6.07, 6.45) is -0.00783. The van der Waals surface area contributed by atoms with Crippen LogP contribution in [0.1, 0.15) is 23.7 Å². The van der Waals surface area contributed by atoms with E-state index in [0.717, 1.165) is 0 Å². The Labute approximate surface area is 115 Å². The number of carboxylic acids is 1. The average Bonchev–Trinajstić information content (AvgIpc) is 2.80. The molecule has 1 aliphatic heterocycles. The Morgan fingerprint density at radius 1 is 1.40 bits per heavy atom. The zero-order chi connectivity index (χ0) is 14.9. The van der Waals surface area contributed by atoms with Gasteiger partial charge in [0.05, 0.1) is 18.6 Å². The lowest BCUT2D eigenvalue weighted by Gasteiger charge is -2.18. The molecule has 0 saturated carbocycles. The van der Waals surface area contributed by atoms with Crippen molar-refractivity contribution >= 4 is 23.3 Å². The molecule has 0 radical (unpaired) electrons. The van der Waals surface area contributed by atoms with E-state index in [1.807, 2.05) is 0 Å². The first-order chi connectivity index (χ1) is 9.43. The van der Waals surface area contributed by atoms with E-state index in [-0.39, 0.29) is 24.7 Å². The van der Waals surface area contributed by atoms with Gasteiger partial charge in [-0.3, -0.25) is 14.4 Å². The minimum atomic E-state index is -0.979. The predicted octanol–water partition coefficient (Wildman–Crippen LogP) is 1.34. The fourth-order valence-corrected chi connectivity index (χ4v) is 2.26. The summed E-state index contributed by atoms with van der Waals surface area (Å²) in [4.78, 5) is 35.6. The number of carbonyl (C=O) groups excluding carboxylic acids is 2. The molecule has 6 nitrogen and oxygen atoms in total. The van der Waals surface area contributed by atoms with Gasteiger partial charge < -0.3 is 14.7 Å². The van der Waals surface area contributed by atoms with Crippen LogP contribution < -0.4 is 9.64 Å². The molecule has 0 aromatic heterocycles. The van der Waals surface area contributed by atoms with Crippen LogP contribution in [0.5, 0.6) is 5.75 Å². The van der Waals surface area contributed by atoms with E-state index < -0.39 is 11.9 Å². The van der Waals surface area contributed by atoms with Gasteiger partial charge in [-0.2, -0.15) is 0 Å². The van der Waals surface area contributed by atoms with Gasteiger partial charge in [0.1, 0.15) is 5.75 Å². The lowest BCUT2D eigenvalue weighted by Crippen LogP contribution is -2.25. The SMILES string of the molecule is COc1cc(N2CC(C(=O)O)CC2=O)ccc1C(C)=O. The number of methoxy groups -OCH3 is 1. The average molecular weight is 277 g/mol. The van der Waals surface area contributed by atoms with E-state index in [0.29, 0.717) is 17.0 Å². The van der Waals surface area contributed by atoms with Crippen LogP contribution in [0.2, 0.25) is 0 Å². The molecule has 6 heteroatoms. The number of hydrogen-bond donors (Lipinski definition) is 1. The van der Waals surface area contributed by atoms with Crippen molar-refractivity contribution in [3.05, 3.63) is 23.8 Å². The summed E-state index contributed by atoms with van der Waals surface area (Å²) >= 11 is 0. The second-order valence-electron chi connectivity index (χ2n) is 4.68. The Morgan fingerprint density at radius 2 is 2.10 bits per heavy atom. The number of carboxylic acid groups (broad SMARTS) is 1. The van der Waals surface area contributed by atoms with E-state index in [1.165, 1.54) is 18.9 Å². The number of Topliss-reactive ketones (excluding diaryl/α,β-unsaturated/α-hetero) is 1. The first-order valence-corrected chi connectivity index (χ1v) is 6.16. The lowest BCUT2D eigenvalue weighted by molar-refractivity contribution is -0.141. The van der Waals surface area contributed by atoms with Crippen LogP contribution in [-0.2, 0) is 9.59 Å². The molecule has 0 bridgehead atoms. The van der Waals surface area contributed by atoms with Gasteiger partial charge in [-0.15, -0.1) is 0 Å². The van der Waals surface area contributed by atoms with Gasteiger partial charge in [0.15, 0.2) is 5.78 Å². The maximum atomic E-state index is 11.9. The standard InChI is InChI=1S/C14H15NO5/c1-8(16)11-4-3-10(6-12(11)20-2)15-7-9(14(18)19)5-13(15)17/h3-4,6,9H,5,7H2,1-2H3,(H,18,19). The summed E-state index contributed by atoms with van der Waals surface area (Å²) in [7, 11) is 1.44. The number of aliphatic carboxylic acids is 1. The highest BCUT2D eigenvalue weighted by Gasteiger charge is 2.35. The van der Waals surface area contributed by atoms with Crippen molar-refractivity contribution in [2.45, 2.75) is 13.3 Å². The van der Waals surface area contributed by atoms with E-state index in [1.54, 1.807) is 18.2 Å². The Hall–Kier alpha value is -2.37. The summed E-state index contributed by atoms with van der Waals surface area (Å²) in [5, 5.41) is 8.97. The highest BCUT2D eigenvalue weighted by molar-refractivity contribution is 6.01. The molecule has 1 fully saturated rings. The fourth-order valence-electron chi connectivity index (χ4n) is 2.26. The van der Waals surface area contributed by atoms with Gasteiger partial charge >= 0.3 is 5.97 Å². The fraction of sp³-hybridized carbons (Fsp3) is 0.357. The second kappa shape index (κ2) is 5.32. The number of ether oxygens (including phenoxy) is 1. The lowest BCUT2D eigenvalue weighted by atomic mass is 10.1. The molecule has 1 amide bonds. The van der Waals surface area contributed by atoms with E-state index >= 15 is 0 Å². The number of ketones is 1. The molecule has 2 rings (SSSR count). The van der Waals surface area contributed by atoms with Gasteiger partial charge in [-0.25, -0.2) is 0 Å². The molecule has 0 aliphatic carbocycles. The van der Waals surface area contributed by atoms with Crippen LogP contribution in [0.15, 0.2) is 18.2 Å². The Morgan fingerprint density at radius 3 is 2.60 bits per heavy atom. The van der Waals surface area contributed by atoms with Crippen molar-refractivity contribution in [2.75, 3.05) is 18.6 Å². The molecule has 1 saturated heterocycles. The summed E-state index contributed by atoms with van der Waals surface area (Å²) in [6, 6.07) is 4.79. The summed E-state index contributed by atoms with van der Waals surface area (Å²) in [5.41, 5.74) is 0.971. The molecule has 1 atom stereocenters. The molecule has 1 heterocycles. The first kappa shape index (κ1) is 14.0. The van der Waals surface area contributed by atoms with Crippen LogP contribution in [0, 0.1) is 5.92 Å². The molecule has 1 N–H and O–H groups in total. The molecule has 1 unspecified atom stereocenters. The summed E-state index contributed by atoms with van der Waals surface area (Å²) < 4.78 is 5.14. The normalized spacial score (nSPS) is 18.2. The predicted molar refractivity (Wildman–Crippen MR) is 71.1 cm³/mol. The molecular formula is C14H15NO5. The second-order valence-corrected chi connectivity index (χ2v) is 4.68. The zero-order valence-electron chi connectivity index (χ0n) is 11.3. The van der Waals surface area contributed by atoms with Gasteiger partial charge in [0.25, 0.3) is 0 Å². The Balaban J connectivity index is 2.32. The topological polar surface area (TPSA) is 83.9 Å². The van der Waals surface area contributed by atoms with E-state index in [4.69, 9.17) is 9.84 Å². The van der Waals surface area contributed by atoms with Crippen LogP contribution in [0.4, 0.5) is 5.69 Å². The monoisotopic (exact) mass is 277 g/mol. The largest absolute Gasteiger partial charge is 0.496 e. The third-order valence-corrected chi connectivity index (χ3v) is 3.35. The van der Waals surface area contributed by atoms with Crippen molar-refractivity contribution in [3.8, 4) is 5.75 Å². The van der Waals surface area contributed by atoms with Crippen LogP contribution in [0.3, 0.4) is 0 Å². The summed E-state index contributed by atoms with van der Waals surface area (Å²) in [6.45, 7) is 1.57. The number of hydrogen-bond acceptors (Lipinski definition) is 4. The zero-order valence-corrected chi connectivity index (χ0v) is 11.3. The maximum absolute atomic E-state index is 11.9. The molecular weight excluding hydrogens is 262 g/mol. The van der Waals surface area contributed by atoms with E-state index in [9.17, 15) is 14.4 Å². The van der Waals surface area contributed by atoms with Gasteiger partial charge in [-0.05, 0) is 19.1 Å². The van der Waals surface area contributed by atoms with Crippen molar-refractivity contribution in [2.24, 2.45) is 5.92 Å². The number of rotatable bonds is 4. The molecule has 106 valence electrons. The van der Waals surface area contributed by atoms with Crippen molar-refractivity contribution in [1.29, 1.82) is 0 Å². The highest BCUT2D eigenvalue weighted by atomic mass is 16.5. The van der Waals surface area contributed by atoms with Crippen LogP contribution >= 0.6 is 0 Å². The minimum Gasteiger partial charge on any atom is -0.496 e.